The molecule has 2 N–H and O–H groups in total. The van der Waals surface area contributed by atoms with Crippen molar-refractivity contribution in [3.8, 4) is 0 Å². The zero-order valence-electron chi connectivity index (χ0n) is 15.2. The Labute approximate surface area is 175 Å². The van der Waals surface area contributed by atoms with E-state index >= 15 is 0 Å². The van der Waals surface area contributed by atoms with Gasteiger partial charge in [0, 0.05) is 23.9 Å². The van der Waals surface area contributed by atoms with Crippen LogP contribution in [0, 0.1) is 5.82 Å². The van der Waals surface area contributed by atoms with Crippen LogP contribution in [0.4, 0.5) is 4.39 Å². The Bertz CT molecular complexity index is 743. The van der Waals surface area contributed by atoms with Crippen LogP contribution in [-0.2, 0) is 18.4 Å². The number of benzene rings is 1. The van der Waals surface area contributed by atoms with E-state index in [0.717, 1.165) is 48.0 Å². The van der Waals surface area contributed by atoms with Gasteiger partial charge in [-0.05, 0) is 37.8 Å². The number of hydrogen-bond donors (Lipinski definition) is 2. The summed E-state index contributed by atoms with van der Waals surface area (Å²) in [7, 11) is 0. The number of guanidine groups is 1. The van der Waals surface area contributed by atoms with Gasteiger partial charge in [0.2, 0.25) is 0 Å². The van der Waals surface area contributed by atoms with E-state index in [-0.39, 0.29) is 35.2 Å². The smallest absolute Gasteiger partial charge is 0.191 e. The molecular weight excluding hydrogens is 462 g/mol. The SMILES string of the molecule is CCNC(=NCc1csc(CC)n1)NCC1(c2ccccc2F)CC1.I. The van der Waals surface area contributed by atoms with Crippen molar-refractivity contribution in [2.45, 2.75) is 45.1 Å². The molecule has 0 amide bonds. The van der Waals surface area contributed by atoms with Crippen molar-refractivity contribution in [1.29, 1.82) is 0 Å². The summed E-state index contributed by atoms with van der Waals surface area (Å²) in [6, 6.07) is 7.09. The first-order chi connectivity index (χ1) is 12.2. The maximum absolute atomic E-state index is 14.1. The van der Waals surface area contributed by atoms with Gasteiger partial charge in [-0.25, -0.2) is 14.4 Å². The minimum absolute atomic E-state index is 0. The highest BCUT2D eigenvalue weighted by Crippen LogP contribution is 2.48. The molecule has 7 heteroatoms. The highest BCUT2D eigenvalue weighted by Gasteiger charge is 2.45. The third-order valence-electron chi connectivity index (χ3n) is 4.54. The Morgan fingerprint density at radius 1 is 1.27 bits per heavy atom. The zero-order chi connectivity index (χ0) is 17.7. The second kappa shape index (κ2) is 9.64. The van der Waals surface area contributed by atoms with Crippen molar-refractivity contribution in [2.75, 3.05) is 13.1 Å². The highest BCUT2D eigenvalue weighted by atomic mass is 127. The average Bonchev–Trinajstić information content (AvgIpc) is 3.27. The molecule has 0 bridgehead atoms. The maximum atomic E-state index is 14.1. The summed E-state index contributed by atoms with van der Waals surface area (Å²) in [5.74, 6) is 0.648. The van der Waals surface area contributed by atoms with Crippen molar-refractivity contribution < 1.29 is 4.39 Å². The molecule has 3 rings (SSSR count). The highest BCUT2D eigenvalue weighted by molar-refractivity contribution is 14.0. The summed E-state index contributed by atoms with van der Waals surface area (Å²) in [5, 5.41) is 9.85. The summed E-state index contributed by atoms with van der Waals surface area (Å²) in [6.45, 7) is 6.18. The first-order valence-corrected chi connectivity index (χ1v) is 9.75. The van der Waals surface area contributed by atoms with E-state index in [1.807, 2.05) is 19.1 Å². The Balaban J connectivity index is 0.00000243. The molecular formula is C19H26FIN4S. The monoisotopic (exact) mass is 488 g/mol. The van der Waals surface area contributed by atoms with Gasteiger partial charge in [0.15, 0.2) is 5.96 Å². The average molecular weight is 488 g/mol. The van der Waals surface area contributed by atoms with Gasteiger partial charge >= 0.3 is 0 Å². The summed E-state index contributed by atoms with van der Waals surface area (Å²) < 4.78 is 14.1. The minimum atomic E-state index is -0.113. The molecule has 1 saturated carbocycles. The number of rotatable bonds is 7. The lowest BCUT2D eigenvalue weighted by atomic mass is 9.95. The third kappa shape index (κ3) is 5.16. The number of hydrogen-bond acceptors (Lipinski definition) is 3. The topological polar surface area (TPSA) is 49.3 Å². The first-order valence-electron chi connectivity index (χ1n) is 8.87. The largest absolute Gasteiger partial charge is 0.357 e. The Kier molecular flexibility index (Phi) is 7.82. The lowest BCUT2D eigenvalue weighted by Crippen LogP contribution is -2.41. The molecule has 1 aliphatic rings. The van der Waals surface area contributed by atoms with E-state index in [2.05, 4.69) is 32.9 Å². The number of nitrogens with zero attached hydrogens (tertiary/aromatic N) is 2. The van der Waals surface area contributed by atoms with E-state index < -0.39 is 0 Å². The lowest BCUT2D eigenvalue weighted by molar-refractivity contribution is 0.559. The van der Waals surface area contributed by atoms with Crippen molar-refractivity contribution in [1.82, 2.24) is 15.6 Å². The van der Waals surface area contributed by atoms with Gasteiger partial charge in [-0.15, -0.1) is 35.3 Å². The van der Waals surface area contributed by atoms with Crippen LogP contribution in [-0.4, -0.2) is 24.0 Å². The third-order valence-corrected chi connectivity index (χ3v) is 5.58. The zero-order valence-corrected chi connectivity index (χ0v) is 18.4. The van der Waals surface area contributed by atoms with Gasteiger partial charge in [0.05, 0.1) is 17.2 Å². The molecule has 0 unspecified atom stereocenters. The predicted molar refractivity (Wildman–Crippen MR) is 117 cm³/mol. The number of nitrogens with one attached hydrogen (secondary N) is 2. The van der Waals surface area contributed by atoms with Gasteiger partial charge < -0.3 is 10.6 Å². The van der Waals surface area contributed by atoms with Crippen LogP contribution in [0.15, 0.2) is 34.6 Å². The van der Waals surface area contributed by atoms with E-state index in [4.69, 9.17) is 0 Å². The Morgan fingerprint density at radius 3 is 2.65 bits per heavy atom. The van der Waals surface area contributed by atoms with E-state index in [1.54, 1.807) is 23.5 Å². The standard InChI is InChI=1S/C19H25FN4S.HI/c1-3-17-24-14(12-25-17)11-22-18(21-4-2)23-13-19(9-10-19)15-7-5-6-8-16(15)20;/h5-8,12H,3-4,9-11,13H2,1-2H3,(H2,21,22,23);1H. The molecule has 0 saturated heterocycles. The van der Waals surface area contributed by atoms with Crippen molar-refractivity contribution in [2.24, 2.45) is 4.99 Å². The van der Waals surface area contributed by atoms with Crippen LogP contribution >= 0.6 is 35.3 Å². The van der Waals surface area contributed by atoms with E-state index in [1.165, 1.54) is 0 Å². The van der Waals surface area contributed by atoms with E-state index in [9.17, 15) is 4.39 Å². The minimum Gasteiger partial charge on any atom is -0.357 e. The molecule has 0 spiro atoms. The molecule has 26 heavy (non-hydrogen) atoms. The van der Waals surface area contributed by atoms with Gasteiger partial charge in [-0.1, -0.05) is 25.1 Å². The second-order valence-corrected chi connectivity index (χ2v) is 7.34. The van der Waals surface area contributed by atoms with Crippen LogP contribution < -0.4 is 10.6 Å². The molecule has 4 nitrogen and oxygen atoms in total. The number of thiazole rings is 1. The molecule has 1 fully saturated rings. The molecule has 0 radical (unpaired) electrons. The normalized spacial score (nSPS) is 15.3. The summed E-state index contributed by atoms with van der Waals surface area (Å²) >= 11 is 1.68. The summed E-state index contributed by atoms with van der Waals surface area (Å²) in [6.07, 6.45) is 2.97. The number of aromatic nitrogens is 1. The van der Waals surface area contributed by atoms with Gasteiger partial charge in [0.25, 0.3) is 0 Å². The van der Waals surface area contributed by atoms with Crippen LogP contribution in [0.3, 0.4) is 0 Å². The molecule has 2 aromatic rings. The fourth-order valence-corrected chi connectivity index (χ4v) is 3.66. The summed E-state index contributed by atoms with van der Waals surface area (Å²) in [5.41, 5.74) is 1.71. The van der Waals surface area contributed by atoms with Gasteiger partial charge in [-0.2, -0.15) is 0 Å². The molecule has 142 valence electrons. The fraction of sp³-hybridized carbons (Fsp3) is 0.474. The van der Waals surface area contributed by atoms with Gasteiger partial charge in [-0.3, -0.25) is 0 Å². The van der Waals surface area contributed by atoms with E-state index in [0.29, 0.717) is 13.1 Å². The van der Waals surface area contributed by atoms with Crippen molar-refractivity contribution >= 4 is 41.3 Å². The van der Waals surface area contributed by atoms with Crippen LogP contribution in [0.1, 0.15) is 43.0 Å². The molecule has 0 aliphatic heterocycles. The van der Waals surface area contributed by atoms with Crippen LogP contribution in [0.2, 0.25) is 0 Å². The maximum Gasteiger partial charge on any atom is 0.191 e. The van der Waals surface area contributed by atoms with Crippen LogP contribution in [0.25, 0.3) is 0 Å². The fourth-order valence-electron chi connectivity index (χ4n) is 2.92. The molecule has 1 heterocycles. The molecule has 0 atom stereocenters. The quantitative estimate of drug-likeness (QED) is 0.348. The molecule has 1 aliphatic carbocycles. The predicted octanol–water partition coefficient (Wildman–Crippen LogP) is 4.25. The molecule has 1 aromatic carbocycles. The number of halogens is 2. The first kappa shape index (κ1) is 21.1. The van der Waals surface area contributed by atoms with Crippen molar-refractivity contribution in [3.05, 3.63) is 51.7 Å². The Morgan fingerprint density at radius 2 is 2.04 bits per heavy atom. The van der Waals surface area contributed by atoms with Crippen molar-refractivity contribution in [3.63, 3.8) is 0 Å². The second-order valence-electron chi connectivity index (χ2n) is 6.40. The lowest BCUT2D eigenvalue weighted by Gasteiger charge is -2.19. The Hall–Kier alpha value is -1.22. The molecule has 1 aromatic heterocycles. The number of aryl methyl sites for hydroxylation is 1. The summed E-state index contributed by atoms with van der Waals surface area (Å²) in [4.78, 5) is 9.17. The van der Waals surface area contributed by atoms with Gasteiger partial charge in [0.1, 0.15) is 5.82 Å². The van der Waals surface area contributed by atoms with Crippen LogP contribution in [0.5, 0.6) is 0 Å². The number of aliphatic imine (C=N–C) groups is 1.